The molecule has 0 fully saturated rings. The highest BCUT2D eigenvalue weighted by Crippen LogP contribution is 2.28. The van der Waals surface area contributed by atoms with Crippen LogP contribution in [-0.2, 0) is 16.1 Å². The number of hydrogen-bond donors (Lipinski definition) is 0. The first-order chi connectivity index (χ1) is 13.8. The quantitative estimate of drug-likeness (QED) is 0.565. The Labute approximate surface area is 175 Å². The number of hydrogen-bond acceptors (Lipinski definition) is 4. The monoisotopic (exact) mass is 405 g/mol. The number of halogens is 1. The number of imide groups is 1. The smallest absolute Gasteiger partial charge is 0.271 e. The van der Waals surface area contributed by atoms with Gasteiger partial charge in [0.2, 0.25) is 0 Å². The highest BCUT2D eigenvalue weighted by Gasteiger charge is 2.35. The van der Waals surface area contributed by atoms with Gasteiger partial charge in [-0.3, -0.25) is 14.5 Å². The second kappa shape index (κ2) is 8.34. The zero-order chi connectivity index (χ0) is 21.1. The average Bonchev–Trinajstić information content (AvgIpc) is 2.70. The molecular weight excluding hydrogens is 386 g/mol. The van der Waals surface area contributed by atoms with Crippen LogP contribution in [0.4, 0.5) is 5.69 Å². The lowest BCUT2D eigenvalue weighted by atomic mass is 9.93. The highest BCUT2D eigenvalue weighted by atomic mass is 35.5. The van der Waals surface area contributed by atoms with Gasteiger partial charge in [-0.2, -0.15) is 5.26 Å². The third-order valence-electron chi connectivity index (χ3n) is 4.80. The lowest BCUT2D eigenvalue weighted by molar-refractivity contribution is -0.141. The Balaban J connectivity index is 2.00. The van der Waals surface area contributed by atoms with Crippen LogP contribution in [0.2, 0.25) is 5.02 Å². The van der Waals surface area contributed by atoms with Crippen LogP contribution in [0.1, 0.15) is 18.1 Å². The standard InChI is InChI=1S/C23H20ClN3O2/c1-15-20(12-16-6-10-19(11-7-16)26(2)3)22(28)27(23(29)21(15)13-25)14-17-4-8-18(24)9-5-17/h4-12H,14H2,1-3H3/b20-12+. The van der Waals surface area contributed by atoms with E-state index in [1.54, 1.807) is 37.3 Å². The van der Waals surface area contributed by atoms with Gasteiger partial charge in [-0.25, -0.2) is 0 Å². The summed E-state index contributed by atoms with van der Waals surface area (Å²) in [6.45, 7) is 1.71. The maximum atomic E-state index is 13.1. The first-order valence-corrected chi connectivity index (χ1v) is 9.40. The molecule has 0 aromatic heterocycles. The van der Waals surface area contributed by atoms with Crippen molar-refractivity contribution < 1.29 is 9.59 Å². The van der Waals surface area contributed by atoms with Crippen molar-refractivity contribution in [3.05, 3.63) is 81.4 Å². The fraction of sp³-hybridized carbons (Fsp3) is 0.174. The van der Waals surface area contributed by atoms with Crippen molar-refractivity contribution in [3.8, 4) is 6.07 Å². The molecule has 1 heterocycles. The van der Waals surface area contributed by atoms with Crippen LogP contribution in [0, 0.1) is 11.3 Å². The Kier molecular flexibility index (Phi) is 5.86. The van der Waals surface area contributed by atoms with Crippen LogP contribution in [0.5, 0.6) is 0 Å². The molecule has 0 saturated carbocycles. The van der Waals surface area contributed by atoms with Gasteiger partial charge in [-0.15, -0.1) is 0 Å². The number of carbonyl (C=O) groups is 2. The van der Waals surface area contributed by atoms with Gasteiger partial charge >= 0.3 is 0 Å². The first kappa shape index (κ1) is 20.4. The van der Waals surface area contributed by atoms with E-state index in [1.165, 1.54) is 0 Å². The minimum absolute atomic E-state index is 0.0188. The van der Waals surface area contributed by atoms with Crippen molar-refractivity contribution in [2.24, 2.45) is 0 Å². The predicted octanol–water partition coefficient (Wildman–Crippen LogP) is 4.20. The summed E-state index contributed by atoms with van der Waals surface area (Å²) in [6.07, 6.45) is 1.72. The number of carbonyl (C=O) groups excluding carboxylic acids is 2. The summed E-state index contributed by atoms with van der Waals surface area (Å²) in [5.74, 6) is -0.997. The molecule has 0 atom stereocenters. The van der Waals surface area contributed by atoms with Crippen LogP contribution >= 0.6 is 11.6 Å². The molecule has 6 heteroatoms. The fourth-order valence-electron chi connectivity index (χ4n) is 3.08. The summed E-state index contributed by atoms with van der Waals surface area (Å²) in [7, 11) is 3.90. The summed E-state index contributed by atoms with van der Waals surface area (Å²) >= 11 is 5.91. The minimum Gasteiger partial charge on any atom is -0.378 e. The molecule has 146 valence electrons. The lowest BCUT2D eigenvalue weighted by Gasteiger charge is -2.27. The van der Waals surface area contributed by atoms with Gasteiger partial charge in [0, 0.05) is 30.4 Å². The third-order valence-corrected chi connectivity index (χ3v) is 5.05. The van der Waals surface area contributed by atoms with Crippen LogP contribution in [-0.4, -0.2) is 30.8 Å². The number of amides is 2. The van der Waals surface area contributed by atoms with Gasteiger partial charge in [0.15, 0.2) is 0 Å². The molecule has 2 aromatic carbocycles. The van der Waals surface area contributed by atoms with E-state index in [9.17, 15) is 14.9 Å². The molecule has 0 aliphatic carbocycles. The molecule has 1 aliphatic rings. The maximum absolute atomic E-state index is 13.1. The zero-order valence-corrected chi connectivity index (χ0v) is 17.2. The normalized spacial score (nSPS) is 15.7. The van der Waals surface area contributed by atoms with Crippen LogP contribution in [0.25, 0.3) is 6.08 Å². The predicted molar refractivity (Wildman–Crippen MR) is 114 cm³/mol. The van der Waals surface area contributed by atoms with E-state index in [4.69, 9.17) is 11.6 Å². The number of nitrogens with zero attached hydrogens (tertiary/aromatic N) is 3. The summed E-state index contributed by atoms with van der Waals surface area (Å²) in [5.41, 5.74) is 3.32. The van der Waals surface area contributed by atoms with Crippen molar-refractivity contribution >= 4 is 35.2 Å². The molecule has 2 amide bonds. The van der Waals surface area contributed by atoms with E-state index >= 15 is 0 Å². The Morgan fingerprint density at radius 3 is 2.21 bits per heavy atom. The molecule has 0 spiro atoms. The number of nitriles is 1. The Bertz CT molecular complexity index is 1060. The van der Waals surface area contributed by atoms with E-state index in [-0.39, 0.29) is 12.1 Å². The van der Waals surface area contributed by atoms with Crippen molar-refractivity contribution in [2.45, 2.75) is 13.5 Å². The average molecular weight is 406 g/mol. The fourth-order valence-corrected chi connectivity index (χ4v) is 3.21. The molecular formula is C23H20ClN3O2. The summed E-state index contributed by atoms with van der Waals surface area (Å²) < 4.78 is 0. The highest BCUT2D eigenvalue weighted by molar-refractivity contribution is 6.30. The van der Waals surface area contributed by atoms with Gasteiger partial charge in [0.25, 0.3) is 11.8 Å². The van der Waals surface area contributed by atoms with E-state index in [0.29, 0.717) is 16.2 Å². The van der Waals surface area contributed by atoms with Crippen molar-refractivity contribution in [1.82, 2.24) is 4.90 Å². The van der Waals surface area contributed by atoms with Gasteiger partial charge < -0.3 is 4.90 Å². The topological polar surface area (TPSA) is 64.4 Å². The summed E-state index contributed by atoms with van der Waals surface area (Å²) in [4.78, 5) is 28.9. The van der Waals surface area contributed by atoms with Gasteiger partial charge in [-0.05, 0) is 54.0 Å². The molecule has 3 rings (SSSR count). The van der Waals surface area contributed by atoms with Crippen LogP contribution in [0.15, 0.2) is 65.3 Å². The molecule has 0 N–H and O–H groups in total. The second-order valence-corrected chi connectivity index (χ2v) is 7.42. The van der Waals surface area contributed by atoms with E-state index in [1.807, 2.05) is 49.3 Å². The Morgan fingerprint density at radius 2 is 1.66 bits per heavy atom. The summed E-state index contributed by atoms with van der Waals surface area (Å²) in [5, 5.41) is 10.1. The number of rotatable bonds is 4. The molecule has 0 radical (unpaired) electrons. The molecule has 1 aliphatic heterocycles. The zero-order valence-electron chi connectivity index (χ0n) is 16.4. The summed E-state index contributed by atoms with van der Waals surface area (Å²) in [6, 6.07) is 16.5. The minimum atomic E-state index is -0.579. The number of benzene rings is 2. The molecule has 0 saturated heterocycles. The van der Waals surface area contributed by atoms with Crippen LogP contribution < -0.4 is 4.90 Å². The van der Waals surface area contributed by atoms with E-state index < -0.39 is 11.8 Å². The van der Waals surface area contributed by atoms with Gasteiger partial charge in [0.05, 0.1) is 6.54 Å². The Hall–Kier alpha value is -3.36. The lowest BCUT2D eigenvalue weighted by Crippen LogP contribution is -2.42. The second-order valence-electron chi connectivity index (χ2n) is 6.98. The Morgan fingerprint density at radius 1 is 1.03 bits per heavy atom. The molecule has 5 nitrogen and oxygen atoms in total. The molecule has 2 aromatic rings. The van der Waals surface area contributed by atoms with Crippen molar-refractivity contribution in [1.29, 1.82) is 5.26 Å². The van der Waals surface area contributed by atoms with Crippen LogP contribution in [0.3, 0.4) is 0 Å². The largest absolute Gasteiger partial charge is 0.378 e. The third kappa shape index (κ3) is 4.23. The molecule has 29 heavy (non-hydrogen) atoms. The maximum Gasteiger partial charge on any atom is 0.271 e. The molecule has 0 bridgehead atoms. The van der Waals surface area contributed by atoms with E-state index in [2.05, 4.69) is 0 Å². The van der Waals surface area contributed by atoms with Gasteiger partial charge in [0.1, 0.15) is 11.6 Å². The van der Waals surface area contributed by atoms with E-state index in [0.717, 1.165) is 21.7 Å². The SMILES string of the molecule is CC1=C(C#N)C(=O)N(Cc2ccc(Cl)cc2)C(=O)/C1=C/c1ccc(N(C)C)cc1. The van der Waals surface area contributed by atoms with Gasteiger partial charge in [-0.1, -0.05) is 35.9 Å². The van der Waals surface area contributed by atoms with Crippen molar-refractivity contribution in [3.63, 3.8) is 0 Å². The molecule has 0 unspecified atom stereocenters. The number of anilines is 1. The first-order valence-electron chi connectivity index (χ1n) is 9.03. The van der Waals surface area contributed by atoms with Crippen molar-refractivity contribution in [2.75, 3.05) is 19.0 Å².